The fraction of sp³-hybridized carbons (Fsp3) is 0.857. The van der Waals surface area contributed by atoms with Crippen molar-refractivity contribution in [3.8, 4) is 0 Å². The molecule has 1 aliphatic heterocycles. The van der Waals surface area contributed by atoms with Crippen LogP contribution >= 0.6 is 12.2 Å². The summed E-state index contributed by atoms with van der Waals surface area (Å²) in [6.07, 6.45) is 2.20. The average molecular weight is 213 g/mol. The number of nitrogens with zero attached hydrogens (tertiary/aromatic N) is 1. The first-order chi connectivity index (χ1) is 5.24. The minimum absolute atomic E-state index is 0. The van der Waals surface area contributed by atoms with Gasteiger partial charge in [0.15, 0.2) is 0 Å². The molecule has 0 saturated carbocycles. The summed E-state index contributed by atoms with van der Waals surface area (Å²) in [5.41, 5.74) is 0. The summed E-state index contributed by atoms with van der Waals surface area (Å²) in [6.45, 7) is 2.08. The van der Waals surface area contributed by atoms with Crippen molar-refractivity contribution >= 4 is 29.2 Å². The first-order valence-electron chi connectivity index (χ1n) is 3.81. The summed E-state index contributed by atoms with van der Waals surface area (Å²) in [5.74, 6) is 0.379. The summed E-state index contributed by atoms with van der Waals surface area (Å²) in [5, 5.41) is 8.89. The van der Waals surface area contributed by atoms with Gasteiger partial charge >= 0.3 is 29.6 Å². The summed E-state index contributed by atoms with van der Waals surface area (Å²) in [7, 11) is 0. The first kappa shape index (κ1) is 13.1. The monoisotopic (exact) mass is 213 g/mol. The van der Waals surface area contributed by atoms with E-state index in [2.05, 4.69) is 0 Å². The van der Waals surface area contributed by atoms with Crippen LogP contribution < -0.4 is 29.6 Å². The predicted molar refractivity (Wildman–Crippen MR) is 51.3 cm³/mol. The van der Waals surface area contributed by atoms with Gasteiger partial charge in [-0.25, -0.2) is 0 Å². The van der Waals surface area contributed by atoms with Crippen LogP contribution in [0, 0.1) is 5.92 Å². The van der Waals surface area contributed by atoms with E-state index in [0.29, 0.717) is 10.2 Å². The van der Waals surface area contributed by atoms with E-state index < -0.39 is 0 Å². The fourth-order valence-corrected chi connectivity index (χ4v) is 1.71. The van der Waals surface area contributed by atoms with Crippen LogP contribution in [0.5, 0.6) is 0 Å². The summed E-state index contributed by atoms with van der Waals surface area (Å²) in [4.78, 5) is 2.00. The Balaban J connectivity index is 0.00000121. The van der Waals surface area contributed by atoms with E-state index >= 15 is 0 Å². The van der Waals surface area contributed by atoms with Crippen molar-refractivity contribution in [1.82, 2.24) is 4.90 Å². The smallest absolute Gasteiger partial charge is 0.411 e. The average Bonchev–Trinajstić information content (AvgIpc) is 2.05. The molecule has 0 bridgehead atoms. The molecular formula is C7H12NNaOS2. The molecule has 0 aromatic heterocycles. The van der Waals surface area contributed by atoms with Gasteiger partial charge in [-0.1, -0.05) is 4.32 Å². The number of rotatable bonds is 1. The Kier molecular flexibility index (Phi) is 7.09. The van der Waals surface area contributed by atoms with Crippen molar-refractivity contribution in [3.63, 3.8) is 0 Å². The van der Waals surface area contributed by atoms with E-state index in [1.54, 1.807) is 0 Å². The number of piperidine rings is 1. The van der Waals surface area contributed by atoms with Crippen molar-refractivity contribution < 1.29 is 34.7 Å². The van der Waals surface area contributed by atoms with Crippen molar-refractivity contribution in [2.75, 3.05) is 19.7 Å². The largest absolute Gasteiger partial charge is 1.00 e. The van der Waals surface area contributed by atoms with Gasteiger partial charge in [0, 0.05) is 19.7 Å². The molecule has 0 aromatic rings. The van der Waals surface area contributed by atoms with Crippen LogP contribution in [0.1, 0.15) is 12.8 Å². The molecule has 5 heteroatoms. The molecule has 1 heterocycles. The summed E-state index contributed by atoms with van der Waals surface area (Å²) in [6, 6.07) is 0. The second kappa shape index (κ2) is 6.51. The maximum atomic E-state index is 8.89. The standard InChI is InChI=1S/C7H13NOS2.Na/c9-5-6-2-1-3-8(4-6)7(10)11;/h6,9H,1-5H2,(H,10,11);/q;+1/p-1. The zero-order valence-corrected chi connectivity index (χ0v) is 11.0. The molecule has 0 spiro atoms. The van der Waals surface area contributed by atoms with Crippen molar-refractivity contribution in [3.05, 3.63) is 0 Å². The molecule has 0 amide bonds. The van der Waals surface area contributed by atoms with Gasteiger partial charge in [-0.2, -0.15) is 0 Å². The Morgan fingerprint density at radius 1 is 1.67 bits per heavy atom. The number of hydrogen-bond acceptors (Lipinski definition) is 3. The first-order valence-corrected chi connectivity index (χ1v) is 4.62. The number of aliphatic hydroxyl groups is 1. The molecule has 1 fully saturated rings. The maximum Gasteiger partial charge on any atom is 1.00 e. The number of likely N-dealkylation sites (tertiary alicyclic amines) is 1. The zero-order chi connectivity index (χ0) is 8.27. The van der Waals surface area contributed by atoms with Crippen LogP contribution in [-0.2, 0) is 12.6 Å². The molecule has 2 nitrogen and oxygen atoms in total. The third-order valence-corrected chi connectivity index (χ3v) is 2.55. The summed E-state index contributed by atoms with van der Waals surface area (Å²) < 4.78 is 0.545. The van der Waals surface area contributed by atoms with Gasteiger partial charge in [0.05, 0.1) is 0 Å². The van der Waals surface area contributed by atoms with Crippen LogP contribution in [0.25, 0.3) is 0 Å². The second-order valence-corrected chi connectivity index (χ2v) is 3.93. The van der Waals surface area contributed by atoms with Gasteiger partial charge in [-0.15, -0.1) is 0 Å². The van der Waals surface area contributed by atoms with E-state index in [4.69, 9.17) is 30.0 Å². The second-order valence-electron chi connectivity index (χ2n) is 2.90. The minimum atomic E-state index is 0. The quantitative estimate of drug-likeness (QED) is 0.296. The van der Waals surface area contributed by atoms with E-state index in [-0.39, 0.29) is 36.2 Å². The molecule has 1 rings (SSSR count). The predicted octanol–water partition coefficient (Wildman–Crippen LogP) is -2.47. The van der Waals surface area contributed by atoms with Crippen molar-refractivity contribution in [2.24, 2.45) is 5.92 Å². The van der Waals surface area contributed by atoms with E-state index in [1.165, 1.54) is 0 Å². The van der Waals surface area contributed by atoms with E-state index in [0.717, 1.165) is 25.9 Å². The van der Waals surface area contributed by atoms with Crippen molar-refractivity contribution in [2.45, 2.75) is 12.8 Å². The summed E-state index contributed by atoms with van der Waals surface area (Å²) >= 11 is 9.75. The third kappa shape index (κ3) is 3.85. The Labute approximate surface area is 106 Å². The fourth-order valence-electron chi connectivity index (χ4n) is 1.38. The third-order valence-electron chi connectivity index (χ3n) is 2.04. The SMILES string of the molecule is OCC1CCCN(C(=S)[S-])C1.[Na+]. The van der Waals surface area contributed by atoms with Gasteiger partial charge in [0.2, 0.25) is 0 Å². The van der Waals surface area contributed by atoms with Gasteiger partial charge in [0.25, 0.3) is 0 Å². The molecule has 0 aliphatic carbocycles. The van der Waals surface area contributed by atoms with E-state index in [9.17, 15) is 0 Å². The topological polar surface area (TPSA) is 23.5 Å². The van der Waals surface area contributed by atoms with Crippen LogP contribution in [0.4, 0.5) is 0 Å². The number of hydrogen-bond donors (Lipinski definition) is 1. The minimum Gasteiger partial charge on any atom is -0.411 e. The molecular weight excluding hydrogens is 201 g/mol. The molecule has 0 aromatic carbocycles. The molecule has 64 valence electrons. The molecule has 1 unspecified atom stereocenters. The Hall–Kier alpha value is 1.07. The van der Waals surface area contributed by atoms with Gasteiger partial charge in [-0.3, -0.25) is 0 Å². The molecule has 12 heavy (non-hydrogen) atoms. The number of thiocarbonyl (C=S) groups is 1. The van der Waals surface area contributed by atoms with Crippen LogP contribution in [0.3, 0.4) is 0 Å². The Morgan fingerprint density at radius 3 is 2.83 bits per heavy atom. The molecule has 1 saturated heterocycles. The Bertz CT molecular complexity index is 156. The normalized spacial score (nSPS) is 23.1. The van der Waals surface area contributed by atoms with Crippen LogP contribution in [0.2, 0.25) is 0 Å². The molecule has 0 radical (unpaired) electrons. The molecule has 1 atom stereocenters. The van der Waals surface area contributed by atoms with Gasteiger partial charge < -0.3 is 34.9 Å². The Morgan fingerprint density at radius 2 is 2.33 bits per heavy atom. The number of aliphatic hydroxyl groups excluding tert-OH is 1. The molecule has 1 aliphatic rings. The van der Waals surface area contributed by atoms with Crippen LogP contribution in [-0.4, -0.2) is 34.0 Å². The van der Waals surface area contributed by atoms with Crippen molar-refractivity contribution in [1.29, 1.82) is 0 Å². The van der Waals surface area contributed by atoms with Gasteiger partial charge in [-0.05, 0) is 18.8 Å². The van der Waals surface area contributed by atoms with Crippen LogP contribution in [0.15, 0.2) is 0 Å². The van der Waals surface area contributed by atoms with E-state index in [1.807, 2.05) is 4.90 Å². The maximum absolute atomic E-state index is 8.89. The van der Waals surface area contributed by atoms with Gasteiger partial charge in [0.1, 0.15) is 0 Å². The molecule has 1 N–H and O–H groups in total. The zero-order valence-electron chi connectivity index (χ0n) is 7.32.